The SMILES string of the molecule is CCCNC(C)CCN(C)c1ccc(C)cc1. The molecule has 0 aliphatic carbocycles. The quantitative estimate of drug-likeness (QED) is 0.779. The van der Waals surface area contributed by atoms with Crippen molar-refractivity contribution in [3.63, 3.8) is 0 Å². The van der Waals surface area contributed by atoms with Gasteiger partial charge in [0.05, 0.1) is 0 Å². The summed E-state index contributed by atoms with van der Waals surface area (Å²) in [4.78, 5) is 2.32. The Morgan fingerprint density at radius 3 is 2.47 bits per heavy atom. The van der Waals surface area contributed by atoms with Crippen LogP contribution in [0.15, 0.2) is 24.3 Å². The van der Waals surface area contributed by atoms with Gasteiger partial charge in [-0.2, -0.15) is 0 Å². The summed E-state index contributed by atoms with van der Waals surface area (Å²) >= 11 is 0. The van der Waals surface area contributed by atoms with Gasteiger partial charge in [-0.1, -0.05) is 24.6 Å². The van der Waals surface area contributed by atoms with Gasteiger partial charge in [0.2, 0.25) is 0 Å². The number of rotatable bonds is 7. The fraction of sp³-hybridized carbons (Fsp3) is 0.600. The van der Waals surface area contributed by atoms with Crippen molar-refractivity contribution in [3.05, 3.63) is 29.8 Å². The second kappa shape index (κ2) is 7.33. The molecule has 1 unspecified atom stereocenters. The Bertz CT molecular complexity index is 305. The van der Waals surface area contributed by atoms with Gasteiger partial charge >= 0.3 is 0 Å². The summed E-state index contributed by atoms with van der Waals surface area (Å²) in [5.41, 5.74) is 2.62. The smallest absolute Gasteiger partial charge is 0.0363 e. The number of anilines is 1. The Morgan fingerprint density at radius 1 is 1.24 bits per heavy atom. The highest BCUT2D eigenvalue weighted by Crippen LogP contribution is 2.13. The molecule has 1 aromatic carbocycles. The molecular weight excluding hydrogens is 208 g/mol. The third-order valence-corrected chi connectivity index (χ3v) is 3.12. The normalized spacial score (nSPS) is 12.5. The Kier molecular flexibility index (Phi) is 6.06. The zero-order chi connectivity index (χ0) is 12.7. The molecule has 1 N–H and O–H groups in total. The molecule has 0 radical (unpaired) electrons. The van der Waals surface area contributed by atoms with Crippen LogP contribution in [0.1, 0.15) is 32.3 Å². The molecule has 2 heteroatoms. The first-order chi connectivity index (χ1) is 8.13. The van der Waals surface area contributed by atoms with E-state index in [1.807, 2.05) is 0 Å². The Balaban J connectivity index is 2.34. The molecule has 0 aliphatic heterocycles. The van der Waals surface area contributed by atoms with Gasteiger partial charge in [-0.15, -0.1) is 0 Å². The van der Waals surface area contributed by atoms with E-state index in [0.717, 1.165) is 13.1 Å². The zero-order valence-electron chi connectivity index (χ0n) is 11.7. The van der Waals surface area contributed by atoms with Crippen molar-refractivity contribution in [2.75, 3.05) is 25.0 Å². The largest absolute Gasteiger partial charge is 0.375 e. The van der Waals surface area contributed by atoms with Crippen LogP contribution >= 0.6 is 0 Å². The monoisotopic (exact) mass is 234 g/mol. The van der Waals surface area contributed by atoms with E-state index in [2.05, 4.69) is 62.3 Å². The van der Waals surface area contributed by atoms with Gasteiger partial charge in [0.1, 0.15) is 0 Å². The van der Waals surface area contributed by atoms with E-state index in [-0.39, 0.29) is 0 Å². The van der Waals surface area contributed by atoms with E-state index < -0.39 is 0 Å². The van der Waals surface area contributed by atoms with E-state index >= 15 is 0 Å². The minimum absolute atomic E-state index is 0.600. The minimum atomic E-state index is 0.600. The summed E-state index contributed by atoms with van der Waals surface area (Å²) in [6, 6.07) is 9.33. The van der Waals surface area contributed by atoms with Crippen LogP contribution in [0.3, 0.4) is 0 Å². The number of aryl methyl sites for hydroxylation is 1. The number of benzene rings is 1. The van der Waals surface area contributed by atoms with E-state index in [1.165, 1.54) is 24.1 Å². The molecule has 96 valence electrons. The first kappa shape index (κ1) is 14.0. The van der Waals surface area contributed by atoms with Crippen LogP contribution in [0.4, 0.5) is 5.69 Å². The predicted molar refractivity (Wildman–Crippen MR) is 76.8 cm³/mol. The summed E-state index contributed by atoms with van der Waals surface area (Å²) in [5, 5.41) is 3.52. The molecule has 1 aromatic rings. The van der Waals surface area contributed by atoms with Crippen molar-refractivity contribution in [2.24, 2.45) is 0 Å². The van der Waals surface area contributed by atoms with Crippen molar-refractivity contribution < 1.29 is 0 Å². The standard InChI is InChI=1S/C15H26N2/c1-5-11-16-14(3)10-12-17(4)15-8-6-13(2)7-9-15/h6-9,14,16H,5,10-12H2,1-4H3. The number of nitrogens with zero attached hydrogens (tertiary/aromatic N) is 1. The van der Waals surface area contributed by atoms with E-state index in [1.54, 1.807) is 0 Å². The molecule has 0 aliphatic rings. The van der Waals surface area contributed by atoms with E-state index in [4.69, 9.17) is 0 Å². The molecule has 0 spiro atoms. The molecule has 1 atom stereocenters. The first-order valence-electron chi connectivity index (χ1n) is 6.64. The van der Waals surface area contributed by atoms with Crippen molar-refractivity contribution in [1.82, 2.24) is 5.32 Å². The highest BCUT2D eigenvalue weighted by Gasteiger charge is 2.04. The third-order valence-electron chi connectivity index (χ3n) is 3.12. The molecule has 0 saturated heterocycles. The van der Waals surface area contributed by atoms with Gasteiger partial charge in [-0.25, -0.2) is 0 Å². The highest BCUT2D eigenvalue weighted by molar-refractivity contribution is 5.46. The van der Waals surface area contributed by atoms with Crippen LogP contribution in [0.5, 0.6) is 0 Å². The number of hydrogen-bond donors (Lipinski definition) is 1. The maximum absolute atomic E-state index is 3.52. The summed E-state index contributed by atoms with van der Waals surface area (Å²) in [5.74, 6) is 0. The summed E-state index contributed by atoms with van der Waals surface area (Å²) in [7, 11) is 2.16. The maximum Gasteiger partial charge on any atom is 0.0363 e. The minimum Gasteiger partial charge on any atom is -0.375 e. The molecule has 0 saturated carbocycles. The molecule has 0 amide bonds. The lowest BCUT2D eigenvalue weighted by Gasteiger charge is -2.22. The maximum atomic E-state index is 3.52. The fourth-order valence-electron chi connectivity index (χ4n) is 1.81. The van der Waals surface area contributed by atoms with Crippen LogP contribution in [-0.4, -0.2) is 26.2 Å². The van der Waals surface area contributed by atoms with Gasteiger partial charge < -0.3 is 10.2 Å². The summed E-state index contributed by atoms with van der Waals surface area (Å²) in [6.07, 6.45) is 2.39. The Labute approximate surface area is 106 Å². The van der Waals surface area contributed by atoms with Gasteiger partial charge in [-0.3, -0.25) is 0 Å². The van der Waals surface area contributed by atoms with Crippen LogP contribution in [0.2, 0.25) is 0 Å². The van der Waals surface area contributed by atoms with E-state index in [9.17, 15) is 0 Å². The Morgan fingerprint density at radius 2 is 1.88 bits per heavy atom. The lowest BCUT2D eigenvalue weighted by atomic mass is 10.2. The lowest BCUT2D eigenvalue weighted by molar-refractivity contribution is 0.515. The second-order valence-corrected chi connectivity index (χ2v) is 4.90. The van der Waals surface area contributed by atoms with Crippen LogP contribution < -0.4 is 10.2 Å². The molecule has 2 nitrogen and oxygen atoms in total. The molecule has 0 aromatic heterocycles. The highest BCUT2D eigenvalue weighted by atomic mass is 15.1. The van der Waals surface area contributed by atoms with E-state index in [0.29, 0.717) is 6.04 Å². The van der Waals surface area contributed by atoms with Gasteiger partial charge in [0, 0.05) is 25.3 Å². The summed E-state index contributed by atoms with van der Waals surface area (Å²) in [6.45, 7) is 8.81. The molecule has 17 heavy (non-hydrogen) atoms. The molecule has 1 rings (SSSR count). The van der Waals surface area contributed by atoms with Gasteiger partial charge in [0.15, 0.2) is 0 Å². The zero-order valence-corrected chi connectivity index (χ0v) is 11.7. The average Bonchev–Trinajstić information content (AvgIpc) is 2.34. The predicted octanol–water partition coefficient (Wildman–Crippen LogP) is 3.21. The van der Waals surface area contributed by atoms with Crippen molar-refractivity contribution in [3.8, 4) is 0 Å². The van der Waals surface area contributed by atoms with Gasteiger partial charge in [-0.05, 0) is 45.4 Å². The topological polar surface area (TPSA) is 15.3 Å². The molecule has 0 heterocycles. The van der Waals surface area contributed by atoms with Crippen molar-refractivity contribution >= 4 is 5.69 Å². The van der Waals surface area contributed by atoms with Crippen LogP contribution in [-0.2, 0) is 0 Å². The van der Waals surface area contributed by atoms with Crippen LogP contribution in [0, 0.1) is 6.92 Å². The average molecular weight is 234 g/mol. The molecule has 0 bridgehead atoms. The number of nitrogens with one attached hydrogen (secondary N) is 1. The second-order valence-electron chi connectivity index (χ2n) is 4.90. The molecular formula is C15H26N2. The van der Waals surface area contributed by atoms with Crippen LogP contribution in [0.25, 0.3) is 0 Å². The van der Waals surface area contributed by atoms with Crippen molar-refractivity contribution in [1.29, 1.82) is 0 Å². The lowest BCUT2D eigenvalue weighted by Crippen LogP contribution is -2.31. The van der Waals surface area contributed by atoms with Crippen molar-refractivity contribution in [2.45, 2.75) is 39.7 Å². The van der Waals surface area contributed by atoms with Gasteiger partial charge in [0.25, 0.3) is 0 Å². The fourth-order valence-corrected chi connectivity index (χ4v) is 1.81. The third kappa shape index (κ3) is 5.22. The first-order valence-corrected chi connectivity index (χ1v) is 6.64. The molecule has 0 fully saturated rings. The Hall–Kier alpha value is -1.02. The number of hydrogen-bond acceptors (Lipinski definition) is 2. The summed E-state index contributed by atoms with van der Waals surface area (Å²) < 4.78 is 0.